The van der Waals surface area contributed by atoms with E-state index in [0.717, 1.165) is 11.1 Å². The van der Waals surface area contributed by atoms with Gasteiger partial charge in [0.15, 0.2) is 0 Å². The third kappa shape index (κ3) is 3.80. The lowest BCUT2D eigenvalue weighted by atomic mass is 10.1. The first-order valence-corrected chi connectivity index (χ1v) is 8.62. The molecular formula is C16H18ClNO3S. The molecule has 2 rings (SSSR count). The van der Waals surface area contributed by atoms with E-state index in [0.29, 0.717) is 10.8 Å². The summed E-state index contributed by atoms with van der Waals surface area (Å²) in [6.45, 7) is 3.62. The van der Waals surface area contributed by atoms with Gasteiger partial charge in [-0.15, -0.1) is 0 Å². The average Bonchev–Trinajstić information content (AvgIpc) is 2.47. The molecule has 22 heavy (non-hydrogen) atoms. The van der Waals surface area contributed by atoms with E-state index in [9.17, 15) is 8.42 Å². The van der Waals surface area contributed by atoms with E-state index in [1.807, 2.05) is 6.92 Å². The van der Waals surface area contributed by atoms with Crippen LogP contribution in [0.15, 0.2) is 47.4 Å². The van der Waals surface area contributed by atoms with E-state index in [4.69, 9.17) is 16.3 Å². The van der Waals surface area contributed by atoms with Crippen molar-refractivity contribution in [2.45, 2.75) is 24.8 Å². The fourth-order valence-corrected chi connectivity index (χ4v) is 3.72. The van der Waals surface area contributed by atoms with Crippen LogP contribution in [0.2, 0.25) is 5.02 Å². The number of rotatable bonds is 5. The second kappa shape index (κ2) is 6.69. The van der Waals surface area contributed by atoms with Gasteiger partial charge in [-0.1, -0.05) is 29.8 Å². The molecule has 0 aromatic heterocycles. The molecule has 118 valence electrons. The zero-order chi connectivity index (χ0) is 16.3. The molecule has 6 heteroatoms. The second-order valence-electron chi connectivity index (χ2n) is 5.05. The highest BCUT2D eigenvalue weighted by molar-refractivity contribution is 7.89. The molecule has 0 amide bonds. The summed E-state index contributed by atoms with van der Waals surface area (Å²) in [4.78, 5) is 0.135. The number of halogens is 1. The van der Waals surface area contributed by atoms with Crippen molar-refractivity contribution < 1.29 is 13.2 Å². The number of ether oxygens (including phenoxy) is 1. The van der Waals surface area contributed by atoms with Crippen LogP contribution in [0.25, 0.3) is 0 Å². The topological polar surface area (TPSA) is 55.4 Å². The Balaban J connectivity index is 2.31. The van der Waals surface area contributed by atoms with E-state index >= 15 is 0 Å². The van der Waals surface area contributed by atoms with Crippen molar-refractivity contribution in [1.29, 1.82) is 0 Å². The van der Waals surface area contributed by atoms with Gasteiger partial charge in [0.25, 0.3) is 0 Å². The van der Waals surface area contributed by atoms with Gasteiger partial charge in [0.05, 0.1) is 7.11 Å². The van der Waals surface area contributed by atoms with Crippen LogP contribution in [-0.4, -0.2) is 15.5 Å². The van der Waals surface area contributed by atoms with Crippen LogP contribution in [-0.2, 0) is 10.0 Å². The van der Waals surface area contributed by atoms with Gasteiger partial charge in [-0.25, -0.2) is 13.1 Å². The maximum atomic E-state index is 12.6. The predicted molar refractivity (Wildman–Crippen MR) is 87.9 cm³/mol. The van der Waals surface area contributed by atoms with Crippen molar-refractivity contribution >= 4 is 21.6 Å². The Kier molecular flexibility index (Phi) is 5.11. The summed E-state index contributed by atoms with van der Waals surface area (Å²) in [5.41, 5.74) is 1.68. The lowest BCUT2D eigenvalue weighted by Gasteiger charge is -2.16. The molecule has 0 aliphatic rings. The molecular weight excluding hydrogens is 322 g/mol. The first-order chi connectivity index (χ1) is 10.3. The minimum absolute atomic E-state index is 0.135. The fourth-order valence-electron chi connectivity index (χ4n) is 2.11. The monoisotopic (exact) mass is 339 g/mol. The quantitative estimate of drug-likeness (QED) is 0.903. The third-order valence-electron chi connectivity index (χ3n) is 3.31. The summed E-state index contributed by atoms with van der Waals surface area (Å²) < 4.78 is 33.0. The van der Waals surface area contributed by atoms with Gasteiger partial charge < -0.3 is 4.74 Å². The number of sulfonamides is 1. The molecule has 0 bridgehead atoms. The molecule has 0 saturated heterocycles. The zero-order valence-electron chi connectivity index (χ0n) is 12.6. The summed E-state index contributed by atoms with van der Waals surface area (Å²) in [6, 6.07) is 11.7. The molecule has 0 saturated carbocycles. The lowest BCUT2D eigenvalue weighted by molar-refractivity contribution is 0.402. The summed E-state index contributed by atoms with van der Waals surface area (Å²) in [5, 5.41) is 0.610. The SMILES string of the molecule is COc1ccc(C)cc1S(=O)(=O)N[C@H](C)c1ccc(Cl)cc1. The first-order valence-electron chi connectivity index (χ1n) is 6.76. The van der Waals surface area contributed by atoms with Crippen molar-refractivity contribution in [2.75, 3.05) is 7.11 Å². The molecule has 0 aliphatic heterocycles. The Bertz CT molecular complexity index is 757. The van der Waals surface area contributed by atoms with Crippen LogP contribution in [0, 0.1) is 6.92 Å². The summed E-state index contributed by atoms with van der Waals surface area (Å²) >= 11 is 5.85. The second-order valence-corrected chi connectivity index (χ2v) is 7.17. The Morgan fingerprint density at radius 3 is 2.36 bits per heavy atom. The average molecular weight is 340 g/mol. The molecule has 1 atom stereocenters. The van der Waals surface area contributed by atoms with E-state index in [2.05, 4.69) is 4.72 Å². The van der Waals surface area contributed by atoms with Crippen LogP contribution in [0.5, 0.6) is 5.75 Å². The smallest absolute Gasteiger partial charge is 0.244 e. The third-order valence-corrected chi connectivity index (χ3v) is 5.12. The molecule has 2 aromatic carbocycles. The number of hydrogen-bond acceptors (Lipinski definition) is 3. The lowest BCUT2D eigenvalue weighted by Crippen LogP contribution is -2.27. The Labute approximate surface area is 136 Å². The Morgan fingerprint density at radius 2 is 1.77 bits per heavy atom. The van der Waals surface area contributed by atoms with Crippen molar-refractivity contribution in [1.82, 2.24) is 4.72 Å². The maximum absolute atomic E-state index is 12.6. The molecule has 0 aliphatic carbocycles. The van der Waals surface area contributed by atoms with Crippen LogP contribution in [0.4, 0.5) is 0 Å². The van der Waals surface area contributed by atoms with Crippen LogP contribution in [0.1, 0.15) is 24.1 Å². The predicted octanol–water partition coefficient (Wildman–Crippen LogP) is 3.70. The van der Waals surface area contributed by atoms with Gasteiger partial charge in [-0.05, 0) is 49.2 Å². The van der Waals surface area contributed by atoms with Gasteiger partial charge in [-0.2, -0.15) is 0 Å². The number of aryl methyl sites for hydroxylation is 1. The molecule has 0 spiro atoms. The number of methoxy groups -OCH3 is 1. The standard InChI is InChI=1S/C16H18ClNO3S/c1-11-4-9-15(21-3)16(10-11)22(19,20)18-12(2)13-5-7-14(17)8-6-13/h4-10,12,18H,1-3H3/t12-/m1/s1. The van der Waals surface area contributed by atoms with Gasteiger partial charge in [0.1, 0.15) is 10.6 Å². The van der Waals surface area contributed by atoms with Crippen LogP contribution < -0.4 is 9.46 Å². The summed E-state index contributed by atoms with van der Waals surface area (Å²) in [5.74, 6) is 0.321. The minimum atomic E-state index is -3.69. The van der Waals surface area contributed by atoms with Crippen molar-refractivity contribution in [3.05, 3.63) is 58.6 Å². The van der Waals surface area contributed by atoms with E-state index < -0.39 is 10.0 Å². The highest BCUT2D eigenvalue weighted by Crippen LogP contribution is 2.26. The van der Waals surface area contributed by atoms with Crippen molar-refractivity contribution in [3.8, 4) is 5.75 Å². The zero-order valence-corrected chi connectivity index (χ0v) is 14.2. The molecule has 0 unspecified atom stereocenters. The summed E-state index contributed by atoms with van der Waals surface area (Å²) in [7, 11) is -2.24. The van der Waals surface area contributed by atoms with Gasteiger partial charge >= 0.3 is 0 Å². The fraction of sp³-hybridized carbons (Fsp3) is 0.250. The molecule has 2 aromatic rings. The molecule has 0 heterocycles. The normalized spacial score (nSPS) is 12.9. The Morgan fingerprint density at radius 1 is 1.14 bits per heavy atom. The van der Waals surface area contributed by atoms with Gasteiger partial charge in [0, 0.05) is 11.1 Å². The van der Waals surface area contributed by atoms with Crippen LogP contribution >= 0.6 is 11.6 Å². The van der Waals surface area contributed by atoms with E-state index in [1.54, 1.807) is 49.4 Å². The van der Waals surface area contributed by atoms with Crippen LogP contribution in [0.3, 0.4) is 0 Å². The maximum Gasteiger partial charge on any atom is 0.244 e. The van der Waals surface area contributed by atoms with Crippen molar-refractivity contribution in [2.24, 2.45) is 0 Å². The van der Waals surface area contributed by atoms with Crippen molar-refractivity contribution in [3.63, 3.8) is 0 Å². The molecule has 0 radical (unpaired) electrons. The Hall–Kier alpha value is -1.56. The number of nitrogens with one attached hydrogen (secondary N) is 1. The number of hydrogen-bond donors (Lipinski definition) is 1. The number of benzene rings is 2. The highest BCUT2D eigenvalue weighted by Gasteiger charge is 2.22. The summed E-state index contributed by atoms with van der Waals surface area (Å²) in [6.07, 6.45) is 0. The molecule has 0 fully saturated rings. The largest absolute Gasteiger partial charge is 0.495 e. The van der Waals surface area contributed by atoms with E-state index in [1.165, 1.54) is 7.11 Å². The van der Waals surface area contributed by atoms with E-state index in [-0.39, 0.29) is 10.9 Å². The minimum Gasteiger partial charge on any atom is -0.495 e. The molecule has 1 N–H and O–H groups in total. The first kappa shape index (κ1) is 16.8. The van der Waals surface area contributed by atoms with Gasteiger partial charge in [-0.3, -0.25) is 0 Å². The molecule has 4 nitrogen and oxygen atoms in total. The van der Waals surface area contributed by atoms with Gasteiger partial charge in [0.2, 0.25) is 10.0 Å². The highest BCUT2D eigenvalue weighted by atomic mass is 35.5.